The second kappa shape index (κ2) is 4.87. The lowest BCUT2D eigenvalue weighted by Crippen LogP contribution is -2.54. The highest BCUT2D eigenvalue weighted by atomic mass is 16.1. The first kappa shape index (κ1) is 15.6. The van der Waals surface area contributed by atoms with Crippen molar-refractivity contribution in [3.63, 3.8) is 0 Å². The van der Waals surface area contributed by atoms with E-state index in [4.69, 9.17) is 0 Å². The minimum absolute atomic E-state index is 0.000000000000000222. The molecule has 0 heterocycles. The molecule has 0 fully saturated rings. The van der Waals surface area contributed by atoms with Crippen LogP contribution in [0.4, 0.5) is 0 Å². The van der Waals surface area contributed by atoms with Crippen LogP contribution in [0.1, 0.15) is 55.4 Å². The van der Waals surface area contributed by atoms with E-state index in [9.17, 15) is 4.79 Å². The Balaban J connectivity index is 5.12. The number of Topliss-reactive ketones (excluding diaryl/α,β-unsaturated/α-hetero) is 1. The molecule has 0 bridgehead atoms. The zero-order valence-corrected chi connectivity index (χ0v) is 12.5. The molecule has 0 aliphatic heterocycles. The lowest BCUT2D eigenvalue weighted by molar-refractivity contribution is -0.135. The van der Waals surface area contributed by atoms with Crippen LogP contribution in [0.3, 0.4) is 0 Å². The summed E-state index contributed by atoms with van der Waals surface area (Å²) in [5.41, 5.74) is -0.246. The van der Waals surface area contributed by atoms with Gasteiger partial charge in [0.1, 0.15) is 0 Å². The van der Waals surface area contributed by atoms with Gasteiger partial charge in [-0.15, -0.1) is 0 Å². The molecule has 2 nitrogen and oxygen atoms in total. The number of hydrogen-bond donors (Lipinski definition) is 0. The van der Waals surface area contributed by atoms with E-state index in [-0.39, 0.29) is 17.0 Å². The van der Waals surface area contributed by atoms with Crippen LogP contribution in [0.25, 0.3) is 0 Å². The van der Waals surface area contributed by atoms with Crippen molar-refractivity contribution in [1.29, 1.82) is 0 Å². The smallest absolute Gasteiger partial charge is 0.155 e. The summed E-state index contributed by atoms with van der Waals surface area (Å²) in [7, 11) is 2.05. The number of likely N-dealkylation sites (N-methyl/N-ethyl adjacent to an activating group) is 1. The molecule has 0 radical (unpaired) electrons. The predicted octanol–water partition coefficient (Wildman–Crippen LogP) is 3.36. The van der Waals surface area contributed by atoms with Crippen molar-refractivity contribution in [1.82, 2.24) is 4.90 Å². The van der Waals surface area contributed by atoms with Gasteiger partial charge in [0.25, 0.3) is 0 Å². The monoisotopic (exact) mass is 227 g/mol. The van der Waals surface area contributed by atoms with Gasteiger partial charge in [-0.05, 0) is 33.7 Å². The fourth-order valence-electron chi connectivity index (χ4n) is 1.79. The van der Waals surface area contributed by atoms with Gasteiger partial charge in [0.2, 0.25) is 0 Å². The van der Waals surface area contributed by atoms with E-state index in [1.807, 2.05) is 27.8 Å². The standard InChI is InChI=1S/C14H29NO/c1-10(2)11(12(16)13(3,4)5)15(9)14(6,7)8/h10-11H,1-9H3/t11-/m0/s1. The number of ketones is 1. The molecule has 1 atom stereocenters. The highest BCUT2D eigenvalue weighted by molar-refractivity contribution is 5.89. The minimum Gasteiger partial charge on any atom is -0.297 e. The van der Waals surface area contributed by atoms with E-state index < -0.39 is 0 Å². The third-order valence-corrected chi connectivity index (χ3v) is 3.11. The Morgan fingerprint density at radius 3 is 1.56 bits per heavy atom. The molecule has 0 aliphatic rings. The molecule has 0 aliphatic carbocycles. The Morgan fingerprint density at radius 2 is 1.38 bits per heavy atom. The Morgan fingerprint density at radius 1 is 1.00 bits per heavy atom. The van der Waals surface area contributed by atoms with E-state index >= 15 is 0 Å². The van der Waals surface area contributed by atoms with Gasteiger partial charge >= 0.3 is 0 Å². The molecule has 0 amide bonds. The highest BCUT2D eigenvalue weighted by Crippen LogP contribution is 2.27. The molecule has 2 heteroatoms. The topological polar surface area (TPSA) is 20.3 Å². The zero-order valence-electron chi connectivity index (χ0n) is 12.5. The molecular formula is C14H29NO. The summed E-state index contributed by atoms with van der Waals surface area (Å²) in [5.74, 6) is 0.677. The minimum atomic E-state index is -0.269. The van der Waals surface area contributed by atoms with Crippen LogP contribution in [-0.2, 0) is 4.79 Å². The van der Waals surface area contributed by atoms with Gasteiger partial charge in [-0.3, -0.25) is 9.69 Å². The molecule has 0 aromatic heterocycles. The van der Waals surface area contributed by atoms with Crippen molar-refractivity contribution in [2.24, 2.45) is 11.3 Å². The molecule has 0 unspecified atom stereocenters. The van der Waals surface area contributed by atoms with Crippen LogP contribution in [0.2, 0.25) is 0 Å². The van der Waals surface area contributed by atoms with Crippen molar-refractivity contribution in [3.05, 3.63) is 0 Å². The lowest BCUT2D eigenvalue weighted by atomic mass is 9.80. The molecule has 96 valence electrons. The molecule has 0 saturated carbocycles. The number of carbonyl (C=O) groups is 1. The van der Waals surface area contributed by atoms with Gasteiger partial charge in [-0.25, -0.2) is 0 Å². The van der Waals surface area contributed by atoms with Gasteiger partial charge in [-0.1, -0.05) is 34.6 Å². The van der Waals surface area contributed by atoms with Gasteiger partial charge in [0, 0.05) is 11.0 Å². The molecule has 16 heavy (non-hydrogen) atoms. The maximum Gasteiger partial charge on any atom is 0.155 e. The van der Waals surface area contributed by atoms with Crippen molar-refractivity contribution in [3.8, 4) is 0 Å². The fraction of sp³-hybridized carbons (Fsp3) is 0.929. The molecule has 0 rings (SSSR count). The van der Waals surface area contributed by atoms with Crippen molar-refractivity contribution in [2.45, 2.75) is 67.0 Å². The van der Waals surface area contributed by atoms with Crippen LogP contribution in [0, 0.1) is 11.3 Å². The molecule has 0 N–H and O–H groups in total. The van der Waals surface area contributed by atoms with Crippen molar-refractivity contribution < 1.29 is 4.79 Å². The molecule has 0 aromatic rings. The summed E-state index contributed by atoms with van der Waals surface area (Å²) in [6.07, 6.45) is 0. The summed E-state index contributed by atoms with van der Waals surface area (Å²) < 4.78 is 0. The van der Waals surface area contributed by atoms with Crippen LogP contribution < -0.4 is 0 Å². The number of nitrogens with zero attached hydrogens (tertiary/aromatic N) is 1. The summed E-state index contributed by atoms with van der Waals surface area (Å²) in [6, 6.07) is -0.000000000000000222. The van der Waals surface area contributed by atoms with E-state index in [1.54, 1.807) is 0 Å². The molecule has 0 saturated heterocycles. The van der Waals surface area contributed by atoms with Crippen LogP contribution in [0.15, 0.2) is 0 Å². The van der Waals surface area contributed by atoms with Gasteiger partial charge in [0.05, 0.1) is 6.04 Å². The first-order valence-corrected chi connectivity index (χ1v) is 6.16. The maximum atomic E-state index is 12.5. The molecular weight excluding hydrogens is 198 g/mol. The third-order valence-electron chi connectivity index (χ3n) is 3.11. The molecule has 0 aromatic carbocycles. The van der Waals surface area contributed by atoms with Crippen molar-refractivity contribution in [2.75, 3.05) is 7.05 Å². The van der Waals surface area contributed by atoms with Crippen LogP contribution >= 0.6 is 0 Å². The fourth-order valence-corrected chi connectivity index (χ4v) is 1.79. The van der Waals surface area contributed by atoms with E-state index in [0.29, 0.717) is 11.7 Å². The average molecular weight is 227 g/mol. The SMILES string of the molecule is CC(C)[C@@H](C(=O)C(C)(C)C)N(C)C(C)(C)C. The largest absolute Gasteiger partial charge is 0.297 e. The number of hydrogen-bond acceptors (Lipinski definition) is 2. The van der Waals surface area contributed by atoms with Gasteiger partial charge < -0.3 is 0 Å². The average Bonchev–Trinajstić information content (AvgIpc) is 1.99. The molecule has 0 spiro atoms. The number of carbonyl (C=O) groups excluding carboxylic acids is 1. The van der Waals surface area contributed by atoms with Gasteiger partial charge in [-0.2, -0.15) is 0 Å². The Kier molecular flexibility index (Phi) is 4.75. The van der Waals surface area contributed by atoms with E-state index in [2.05, 4.69) is 39.5 Å². The summed E-state index contributed by atoms with van der Waals surface area (Å²) >= 11 is 0. The second-order valence-electron chi connectivity index (χ2n) is 7.08. The Bertz CT molecular complexity index is 242. The third kappa shape index (κ3) is 3.89. The van der Waals surface area contributed by atoms with Gasteiger partial charge in [0.15, 0.2) is 5.78 Å². The van der Waals surface area contributed by atoms with Crippen LogP contribution in [0.5, 0.6) is 0 Å². The lowest BCUT2D eigenvalue weighted by Gasteiger charge is -2.42. The zero-order chi connectivity index (χ0) is 13.3. The second-order valence-corrected chi connectivity index (χ2v) is 7.08. The first-order valence-electron chi connectivity index (χ1n) is 6.16. The summed E-state index contributed by atoms with van der Waals surface area (Å²) in [4.78, 5) is 14.7. The Hall–Kier alpha value is -0.370. The van der Waals surface area contributed by atoms with E-state index in [0.717, 1.165) is 0 Å². The quantitative estimate of drug-likeness (QED) is 0.737. The highest BCUT2D eigenvalue weighted by Gasteiger charge is 2.37. The summed E-state index contributed by atoms with van der Waals surface area (Å²) in [6.45, 7) is 16.7. The predicted molar refractivity (Wildman–Crippen MR) is 70.6 cm³/mol. The number of rotatable bonds is 3. The first-order chi connectivity index (χ1) is 6.89. The Labute approximate surface area is 101 Å². The summed E-state index contributed by atoms with van der Waals surface area (Å²) in [5, 5.41) is 0. The van der Waals surface area contributed by atoms with Crippen molar-refractivity contribution >= 4 is 5.78 Å². The maximum absolute atomic E-state index is 12.5. The normalized spacial score (nSPS) is 15.7. The van der Waals surface area contributed by atoms with E-state index in [1.165, 1.54) is 0 Å². The van der Waals surface area contributed by atoms with Crippen LogP contribution in [-0.4, -0.2) is 29.3 Å².